The number of fused-ring (bicyclic) bond motifs is 2. The molecular formula is C24H21NO4. The van der Waals surface area contributed by atoms with Crippen molar-refractivity contribution in [2.45, 2.75) is 37.8 Å². The summed E-state index contributed by atoms with van der Waals surface area (Å²) < 4.78 is 11.1. The average Bonchev–Trinajstić information content (AvgIpc) is 3.24. The second-order valence-electron chi connectivity index (χ2n) is 7.60. The highest BCUT2D eigenvalue weighted by Crippen LogP contribution is 2.32. The van der Waals surface area contributed by atoms with Gasteiger partial charge in [-0.25, -0.2) is 4.79 Å². The average molecular weight is 387 g/mol. The molecule has 0 fully saturated rings. The van der Waals surface area contributed by atoms with E-state index >= 15 is 0 Å². The van der Waals surface area contributed by atoms with Crippen molar-refractivity contribution in [3.8, 4) is 0 Å². The van der Waals surface area contributed by atoms with Crippen molar-refractivity contribution in [3.05, 3.63) is 94.4 Å². The van der Waals surface area contributed by atoms with Gasteiger partial charge >= 0.3 is 5.97 Å². The summed E-state index contributed by atoms with van der Waals surface area (Å²) in [5, 5.41) is 3.12. The fourth-order valence-corrected chi connectivity index (χ4v) is 4.27. The molecule has 2 aromatic carbocycles. The minimum Gasteiger partial charge on any atom is -0.469 e. The van der Waals surface area contributed by atoms with Crippen molar-refractivity contribution in [1.82, 2.24) is 5.32 Å². The lowest BCUT2D eigenvalue weighted by atomic mass is 9.92. The molecule has 1 aromatic heterocycles. The highest BCUT2D eigenvalue weighted by molar-refractivity contribution is 5.98. The van der Waals surface area contributed by atoms with Crippen LogP contribution in [0, 0.1) is 0 Å². The minimum atomic E-state index is -0.345. The Morgan fingerprint density at radius 1 is 1.07 bits per heavy atom. The number of aryl methyl sites for hydroxylation is 1. The number of ether oxygens (including phenoxy) is 1. The topological polar surface area (TPSA) is 68.5 Å². The summed E-state index contributed by atoms with van der Waals surface area (Å²) in [4.78, 5) is 25.3. The van der Waals surface area contributed by atoms with Gasteiger partial charge in [0, 0.05) is 24.0 Å². The molecule has 5 heteroatoms. The van der Waals surface area contributed by atoms with Crippen LogP contribution in [-0.2, 0) is 17.6 Å². The number of rotatable bonds is 3. The Morgan fingerprint density at radius 2 is 1.93 bits per heavy atom. The van der Waals surface area contributed by atoms with Crippen molar-refractivity contribution >= 4 is 11.9 Å². The van der Waals surface area contributed by atoms with Gasteiger partial charge in [0.2, 0.25) is 0 Å². The second-order valence-corrected chi connectivity index (χ2v) is 7.60. The van der Waals surface area contributed by atoms with Crippen LogP contribution in [0.4, 0.5) is 0 Å². The Hall–Kier alpha value is -3.34. The summed E-state index contributed by atoms with van der Waals surface area (Å²) in [5.74, 6) is 0.477. The third kappa shape index (κ3) is 3.33. The van der Waals surface area contributed by atoms with E-state index in [4.69, 9.17) is 9.15 Å². The van der Waals surface area contributed by atoms with E-state index in [2.05, 4.69) is 5.32 Å². The fraction of sp³-hybridized carbons (Fsp3) is 0.250. The van der Waals surface area contributed by atoms with E-state index in [1.807, 2.05) is 42.5 Å². The largest absolute Gasteiger partial charge is 0.469 e. The molecular weight excluding hydrogens is 366 g/mol. The summed E-state index contributed by atoms with van der Waals surface area (Å²) in [6.07, 6.45) is 4.70. The first-order valence-corrected chi connectivity index (χ1v) is 9.95. The van der Waals surface area contributed by atoms with E-state index in [1.54, 1.807) is 18.4 Å². The molecule has 2 atom stereocenters. The molecule has 2 unspecified atom stereocenters. The lowest BCUT2D eigenvalue weighted by Gasteiger charge is -2.26. The number of carbonyl (C=O) groups is 2. The lowest BCUT2D eigenvalue weighted by molar-refractivity contribution is 0.0252. The Kier molecular flexibility index (Phi) is 4.43. The predicted octanol–water partition coefficient (Wildman–Crippen LogP) is 4.54. The Balaban J connectivity index is 1.38. The van der Waals surface area contributed by atoms with Crippen molar-refractivity contribution in [2.75, 3.05) is 0 Å². The van der Waals surface area contributed by atoms with Gasteiger partial charge in [-0.2, -0.15) is 0 Å². The number of carbonyl (C=O) groups excluding carboxylic acids is 2. The van der Waals surface area contributed by atoms with Gasteiger partial charge in [0.15, 0.2) is 0 Å². The second kappa shape index (κ2) is 7.24. The molecule has 0 radical (unpaired) electrons. The van der Waals surface area contributed by atoms with Crippen LogP contribution in [0.1, 0.15) is 68.2 Å². The molecule has 1 N–H and O–H groups in total. The van der Waals surface area contributed by atoms with Crippen LogP contribution in [0.3, 0.4) is 0 Å². The monoisotopic (exact) mass is 387 g/mol. The van der Waals surface area contributed by atoms with Crippen molar-refractivity contribution in [2.24, 2.45) is 0 Å². The number of benzene rings is 2. The van der Waals surface area contributed by atoms with Gasteiger partial charge in [-0.1, -0.05) is 30.3 Å². The van der Waals surface area contributed by atoms with Crippen molar-refractivity contribution in [1.29, 1.82) is 0 Å². The predicted molar refractivity (Wildman–Crippen MR) is 107 cm³/mol. The van der Waals surface area contributed by atoms with Crippen LogP contribution in [0.2, 0.25) is 0 Å². The van der Waals surface area contributed by atoms with Crippen LogP contribution < -0.4 is 5.32 Å². The summed E-state index contributed by atoms with van der Waals surface area (Å²) in [6, 6.07) is 16.8. The number of cyclic esters (lactones) is 1. The van der Waals surface area contributed by atoms with Gasteiger partial charge in [-0.3, -0.25) is 4.79 Å². The van der Waals surface area contributed by atoms with E-state index in [1.165, 1.54) is 0 Å². The SMILES string of the molecule is O=C(NC1CCCc2occc21)c1ccc2c(c1)CC(c1ccccc1)OC2=O. The molecule has 0 saturated carbocycles. The Labute approximate surface area is 168 Å². The van der Waals surface area contributed by atoms with Crippen LogP contribution in [0.25, 0.3) is 0 Å². The normalized spacial score (nSPS) is 20.3. The standard InChI is InChI=1S/C24H21NO4/c26-23(25-20-7-4-8-21-19(20)11-12-28-21)16-9-10-18-17(13-16)14-22(29-24(18)27)15-5-2-1-3-6-15/h1-3,5-6,9-13,20,22H,4,7-8,14H2,(H,25,26). The van der Waals surface area contributed by atoms with E-state index in [0.717, 1.165) is 41.7 Å². The van der Waals surface area contributed by atoms with Gasteiger partial charge in [0.25, 0.3) is 5.91 Å². The third-order valence-corrected chi connectivity index (χ3v) is 5.77. The zero-order chi connectivity index (χ0) is 19.8. The lowest BCUT2D eigenvalue weighted by Crippen LogP contribution is -2.31. The minimum absolute atomic E-state index is 0.0388. The first-order chi connectivity index (χ1) is 14.2. The molecule has 5 rings (SSSR count). The summed E-state index contributed by atoms with van der Waals surface area (Å²) in [5.41, 5.74) is 3.95. The van der Waals surface area contributed by atoms with Crippen molar-refractivity contribution < 1.29 is 18.7 Å². The smallest absolute Gasteiger partial charge is 0.339 e. The van der Waals surface area contributed by atoms with Crippen LogP contribution in [-0.4, -0.2) is 11.9 Å². The Morgan fingerprint density at radius 3 is 2.79 bits per heavy atom. The Bertz CT molecular complexity index is 1070. The maximum Gasteiger partial charge on any atom is 0.339 e. The van der Waals surface area contributed by atoms with Crippen LogP contribution >= 0.6 is 0 Å². The fourth-order valence-electron chi connectivity index (χ4n) is 4.27. The zero-order valence-electron chi connectivity index (χ0n) is 15.9. The molecule has 0 bridgehead atoms. The number of nitrogens with one attached hydrogen (secondary N) is 1. The molecule has 0 spiro atoms. The third-order valence-electron chi connectivity index (χ3n) is 5.77. The van der Waals surface area contributed by atoms with Gasteiger partial charge in [0.05, 0.1) is 17.9 Å². The van der Waals surface area contributed by atoms with Crippen LogP contribution in [0.5, 0.6) is 0 Å². The maximum absolute atomic E-state index is 12.9. The van der Waals surface area contributed by atoms with E-state index in [-0.39, 0.29) is 24.0 Å². The van der Waals surface area contributed by atoms with Crippen LogP contribution in [0.15, 0.2) is 65.3 Å². The molecule has 29 heavy (non-hydrogen) atoms. The molecule has 3 aromatic rings. The molecule has 1 aliphatic carbocycles. The molecule has 146 valence electrons. The zero-order valence-corrected chi connectivity index (χ0v) is 15.9. The molecule has 5 nitrogen and oxygen atoms in total. The number of hydrogen-bond acceptors (Lipinski definition) is 4. The molecule has 1 amide bonds. The van der Waals surface area contributed by atoms with E-state index < -0.39 is 0 Å². The summed E-state index contributed by atoms with van der Waals surface area (Å²) >= 11 is 0. The number of amides is 1. The number of hydrogen-bond donors (Lipinski definition) is 1. The number of esters is 1. The highest BCUT2D eigenvalue weighted by atomic mass is 16.5. The van der Waals surface area contributed by atoms with Gasteiger partial charge in [0.1, 0.15) is 11.9 Å². The molecule has 2 heterocycles. The molecule has 0 saturated heterocycles. The molecule has 1 aliphatic heterocycles. The summed E-state index contributed by atoms with van der Waals surface area (Å²) in [6.45, 7) is 0. The highest BCUT2D eigenvalue weighted by Gasteiger charge is 2.29. The van der Waals surface area contributed by atoms with Gasteiger partial charge < -0.3 is 14.5 Å². The maximum atomic E-state index is 12.9. The van der Waals surface area contributed by atoms with Crippen molar-refractivity contribution in [3.63, 3.8) is 0 Å². The molecule has 2 aliphatic rings. The first-order valence-electron chi connectivity index (χ1n) is 9.95. The first kappa shape index (κ1) is 17.7. The quantitative estimate of drug-likeness (QED) is 0.670. The summed E-state index contributed by atoms with van der Waals surface area (Å²) in [7, 11) is 0. The van der Waals surface area contributed by atoms with E-state index in [9.17, 15) is 9.59 Å². The van der Waals surface area contributed by atoms with Gasteiger partial charge in [-0.05, 0) is 48.2 Å². The van der Waals surface area contributed by atoms with Gasteiger partial charge in [-0.15, -0.1) is 0 Å². The van der Waals surface area contributed by atoms with E-state index in [0.29, 0.717) is 17.5 Å². The number of furan rings is 1.